The molecule has 0 unspecified atom stereocenters. The molecule has 0 bridgehead atoms. The molecule has 16 heavy (non-hydrogen) atoms. The molecule has 0 fully saturated rings. The molecule has 0 saturated carbocycles. The third kappa shape index (κ3) is 2.78. The molecule has 2 rings (SSSR count). The zero-order valence-electron chi connectivity index (χ0n) is 9.61. The molecule has 85 valence electrons. The molecule has 4 heteroatoms. The first-order valence-corrected chi connectivity index (χ1v) is 4.97. The first-order valence-electron chi connectivity index (χ1n) is 4.97. The molecule has 0 aliphatic heterocycles. The van der Waals surface area contributed by atoms with Crippen molar-refractivity contribution in [1.29, 1.82) is 0 Å². The summed E-state index contributed by atoms with van der Waals surface area (Å²) in [6, 6.07) is 7.65. The van der Waals surface area contributed by atoms with Crippen LogP contribution < -0.4 is 0 Å². The Kier molecular flexibility index (Phi) is 4.01. The van der Waals surface area contributed by atoms with Crippen molar-refractivity contribution in [2.24, 2.45) is 0 Å². The Hall–Kier alpha value is -0.978. The molecule has 2 aromatic heterocycles. The second kappa shape index (κ2) is 4.90. The first kappa shape index (κ1) is 13.1. The summed E-state index contributed by atoms with van der Waals surface area (Å²) in [4.78, 5) is 4.21. The van der Waals surface area contributed by atoms with Crippen molar-refractivity contribution in [3.05, 3.63) is 42.4 Å². The van der Waals surface area contributed by atoms with Gasteiger partial charge in [0.15, 0.2) is 0 Å². The van der Waals surface area contributed by atoms with Crippen LogP contribution in [0, 0.1) is 6.20 Å². The van der Waals surface area contributed by atoms with E-state index in [0.717, 1.165) is 11.5 Å². The van der Waals surface area contributed by atoms with E-state index in [-0.39, 0.29) is 25.8 Å². The average molecular weight is 386 g/mol. The summed E-state index contributed by atoms with van der Waals surface area (Å²) in [7, 11) is 0. The molecular weight excluding hydrogens is 372 g/mol. The first-order chi connectivity index (χ1) is 7.07. The summed E-state index contributed by atoms with van der Waals surface area (Å²) in [5.74, 6) is 0.799. The number of pyridine rings is 1. The van der Waals surface area contributed by atoms with Crippen molar-refractivity contribution in [1.82, 2.24) is 14.8 Å². The van der Waals surface area contributed by atoms with Gasteiger partial charge >= 0.3 is 0 Å². The van der Waals surface area contributed by atoms with Gasteiger partial charge in [-0.15, -0.1) is 6.07 Å². The summed E-state index contributed by atoms with van der Waals surface area (Å²) in [5, 5.41) is 4.45. The van der Waals surface area contributed by atoms with Crippen molar-refractivity contribution in [3.63, 3.8) is 0 Å². The van der Waals surface area contributed by atoms with Crippen LogP contribution in [0.1, 0.15) is 26.5 Å². The Morgan fingerprint density at radius 2 is 2.00 bits per heavy atom. The molecule has 0 N–H and O–H groups in total. The fourth-order valence-corrected chi connectivity index (χ4v) is 1.25. The van der Waals surface area contributed by atoms with Gasteiger partial charge in [-0.2, -0.15) is 0 Å². The summed E-state index contributed by atoms with van der Waals surface area (Å²) in [6.45, 7) is 6.39. The van der Waals surface area contributed by atoms with E-state index in [9.17, 15) is 0 Å². The van der Waals surface area contributed by atoms with Gasteiger partial charge in [0.25, 0.3) is 0 Å². The average Bonchev–Trinajstić information content (AvgIpc) is 2.67. The monoisotopic (exact) mass is 387 g/mol. The molecule has 0 amide bonds. The third-order valence-electron chi connectivity index (χ3n) is 2.17. The molecule has 0 saturated heterocycles. The minimum Gasteiger partial charge on any atom is -0.343 e. The van der Waals surface area contributed by atoms with Gasteiger partial charge in [0.05, 0.1) is 5.82 Å². The number of nitrogens with zero attached hydrogens (tertiary/aromatic N) is 3. The van der Waals surface area contributed by atoms with Crippen LogP contribution in [0.3, 0.4) is 0 Å². The van der Waals surface area contributed by atoms with E-state index in [2.05, 4.69) is 37.1 Å². The molecule has 1 radical (unpaired) electrons. The van der Waals surface area contributed by atoms with E-state index in [1.807, 2.05) is 24.3 Å². The standard InChI is InChI=1S/C12H14N3.Re/c1-12(2,3)10-7-9-15(14-10)11-6-4-5-8-13-11;/h4-8H,1-3H3;/q-1;. The van der Waals surface area contributed by atoms with Crippen molar-refractivity contribution in [2.75, 3.05) is 0 Å². The van der Waals surface area contributed by atoms with Gasteiger partial charge in [0.2, 0.25) is 0 Å². The summed E-state index contributed by atoms with van der Waals surface area (Å²) < 4.78 is 1.68. The Labute approximate surface area is 110 Å². The van der Waals surface area contributed by atoms with Crippen LogP contribution in [-0.2, 0) is 25.8 Å². The minimum atomic E-state index is 0. The van der Waals surface area contributed by atoms with E-state index in [1.165, 1.54) is 0 Å². The van der Waals surface area contributed by atoms with Crippen molar-refractivity contribution in [3.8, 4) is 5.82 Å². The number of hydrogen-bond donors (Lipinski definition) is 0. The predicted molar refractivity (Wildman–Crippen MR) is 58.9 cm³/mol. The summed E-state index contributed by atoms with van der Waals surface area (Å²) >= 11 is 0. The van der Waals surface area contributed by atoms with Crippen molar-refractivity contribution >= 4 is 0 Å². The smallest absolute Gasteiger partial charge is 0.0519 e. The normalized spacial score (nSPS) is 10.9. The largest absolute Gasteiger partial charge is 0.343 e. The van der Waals surface area contributed by atoms with Crippen LogP contribution in [-0.4, -0.2) is 14.8 Å². The van der Waals surface area contributed by atoms with Gasteiger partial charge < -0.3 is 9.67 Å². The van der Waals surface area contributed by atoms with Crippen LogP contribution >= 0.6 is 0 Å². The molecule has 0 spiro atoms. The Bertz CT molecular complexity index is 443. The molecule has 0 atom stereocenters. The molecule has 2 aromatic rings. The number of aromatic nitrogens is 3. The van der Waals surface area contributed by atoms with Gasteiger partial charge in [0, 0.05) is 26.6 Å². The molecular formula is C12H14N3Re-. The third-order valence-corrected chi connectivity index (χ3v) is 2.17. The zero-order chi connectivity index (χ0) is 10.9. The number of hydrogen-bond acceptors (Lipinski definition) is 2. The molecule has 0 aromatic carbocycles. The van der Waals surface area contributed by atoms with Gasteiger partial charge in [0.1, 0.15) is 0 Å². The Morgan fingerprint density at radius 3 is 2.50 bits per heavy atom. The van der Waals surface area contributed by atoms with Crippen LogP contribution in [0.5, 0.6) is 0 Å². The van der Waals surface area contributed by atoms with Gasteiger partial charge in [-0.1, -0.05) is 39.1 Å². The second-order valence-corrected chi connectivity index (χ2v) is 4.51. The SMILES string of the molecule is CC(C)(C)c1c[c-]n(-c2ccccn2)n1.[Re]. The van der Waals surface area contributed by atoms with Gasteiger partial charge in [-0.3, -0.25) is 5.10 Å². The van der Waals surface area contributed by atoms with E-state index in [1.54, 1.807) is 10.9 Å². The minimum absolute atomic E-state index is 0. The van der Waals surface area contributed by atoms with E-state index < -0.39 is 0 Å². The second-order valence-electron chi connectivity index (χ2n) is 4.51. The number of rotatable bonds is 1. The molecule has 2 heterocycles. The van der Waals surface area contributed by atoms with E-state index in [4.69, 9.17) is 0 Å². The molecule has 0 aliphatic rings. The van der Waals surface area contributed by atoms with Crippen LogP contribution in [0.15, 0.2) is 30.5 Å². The van der Waals surface area contributed by atoms with Gasteiger partial charge in [-0.05, 0) is 17.2 Å². The summed E-state index contributed by atoms with van der Waals surface area (Å²) in [6.07, 6.45) is 4.82. The maximum atomic E-state index is 4.45. The van der Waals surface area contributed by atoms with Crippen LogP contribution in [0.4, 0.5) is 0 Å². The van der Waals surface area contributed by atoms with E-state index >= 15 is 0 Å². The zero-order valence-corrected chi connectivity index (χ0v) is 12.3. The quantitative estimate of drug-likeness (QED) is 0.705. The maximum Gasteiger partial charge on any atom is 0.0519 e. The molecule has 0 aliphatic carbocycles. The van der Waals surface area contributed by atoms with E-state index in [0.29, 0.717) is 0 Å². The van der Waals surface area contributed by atoms with Gasteiger partial charge in [-0.25, -0.2) is 0 Å². The molecule has 3 nitrogen and oxygen atoms in total. The summed E-state index contributed by atoms with van der Waals surface area (Å²) in [5.41, 5.74) is 1.07. The Balaban J connectivity index is 0.00000128. The maximum absolute atomic E-state index is 4.45. The van der Waals surface area contributed by atoms with Crippen molar-refractivity contribution in [2.45, 2.75) is 26.2 Å². The fourth-order valence-electron chi connectivity index (χ4n) is 1.25. The topological polar surface area (TPSA) is 30.7 Å². The van der Waals surface area contributed by atoms with Crippen LogP contribution in [0.25, 0.3) is 5.82 Å². The Morgan fingerprint density at radius 1 is 1.25 bits per heavy atom. The predicted octanol–water partition coefficient (Wildman–Crippen LogP) is 2.36. The van der Waals surface area contributed by atoms with Crippen LogP contribution in [0.2, 0.25) is 0 Å². The fraction of sp³-hybridized carbons (Fsp3) is 0.333. The van der Waals surface area contributed by atoms with Crippen molar-refractivity contribution < 1.29 is 20.4 Å².